The van der Waals surface area contributed by atoms with Crippen LogP contribution in [0.25, 0.3) is 0 Å². The summed E-state index contributed by atoms with van der Waals surface area (Å²) >= 11 is 0. The summed E-state index contributed by atoms with van der Waals surface area (Å²) in [6.07, 6.45) is 4.82. The van der Waals surface area contributed by atoms with Gasteiger partial charge in [0.05, 0.1) is 17.8 Å². The molecule has 2 aromatic carbocycles. The fourth-order valence-electron chi connectivity index (χ4n) is 5.04. The molecule has 0 unspecified atom stereocenters. The molecule has 0 spiro atoms. The van der Waals surface area contributed by atoms with Gasteiger partial charge in [-0.1, -0.05) is 24.3 Å². The fourth-order valence-corrected chi connectivity index (χ4v) is 5.04. The molecule has 0 saturated carbocycles. The first-order chi connectivity index (χ1) is 15.1. The van der Waals surface area contributed by atoms with Crippen LogP contribution in [0, 0.1) is 0 Å². The van der Waals surface area contributed by atoms with E-state index in [-0.39, 0.29) is 17.7 Å². The number of piperidine rings is 1. The van der Waals surface area contributed by atoms with E-state index in [4.69, 9.17) is 0 Å². The Hall–Kier alpha value is -3.15. The molecule has 2 saturated heterocycles. The maximum absolute atomic E-state index is 13.5. The lowest BCUT2D eigenvalue weighted by atomic mass is 10.1. The van der Waals surface area contributed by atoms with Gasteiger partial charge in [0.15, 0.2) is 0 Å². The molecule has 5 rings (SSSR count). The van der Waals surface area contributed by atoms with Crippen molar-refractivity contribution in [2.75, 3.05) is 24.5 Å². The minimum absolute atomic E-state index is 0.0384. The summed E-state index contributed by atoms with van der Waals surface area (Å²) in [7, 11) is 0. The number of para-hydroxylation sites is 1. The van der Waals surface area contributed by atoms with Gasteiger partial charge in [-0.3, -0.25) is 14.4 Å². The zero-order valence-electron chi connectivity index (χ0n) is 17.6. The van der Waals surface area contributed by atoms with Gasteiger partial charge in [-0.25, -0.2) is 0 Å². The van der Waals surface area contributed by atoms with Crippen molar-refractivity contribution in [1.29, 1.82) is 0 Å². The van der Waals surface area contributed by atoms with E-state index >= 15 is 0 Å². The molecule has 1 atom stereocenters. The highest BCUT2D eigenvalue weighted by atomic mass is 16.2. The molecular weight excluding hydrogens is 390 g/mol. The second-order valence-corrected chi connectivity index (χ2v) is 8.65. The molecule has 0 radical (unpaired) electrons. The van der Waals surface area contributed by atoms with E-state index < -0.39 is 6.04 Å². The molecule has 0 N–H and O–H groups in total. The van der Waals surface area contributed by atoms with Crippen LogP contribution in [0.1, 0.15) is 58.4 Å². The average Bonchev–Trinajstić information content (AvgIpc) is 3.29. The molecule has 6 heteroatoms. The quantitative estimate of drug-likeness (QED) is 0.768. The van der Waals surface area contributed by atoms with Gasteiger partial charge in [0, 0.05) is 25.2 Å². The molecule has 3 aliphatic rings. The van der Waals surface area contributed by atoms with Crippen molar-refractivity contribution >= 4 is 23.4 Å². The number of hydrogen-bond donors (Lipinski definition) is 0. The molecule has 6 nitrogen and oxygen atoms in total. The predicted octanol–water partition coefficient (Wildman–Crippen LogP) is 3.46. The van der Waals surface area contributed by atoms with Crippen molar-refractivity contribution in [1.82, 2.24) is 9.80 Å². The van der Waals surface area contributed by atoms with Crippen LogP contribution in [0.4, 0.5) is 5.69 Å². The van der Waals surface area contributed by atoms with E-state index in [9.17, 15) is 14.4 Å². The Bertz CT molecular complexity index is 1030. The minimum atomic E-state index is -0.405. The van der Waals surface area contributed by atoms with E-state index in [2.05, 4.69) is 0 Å². The maximum Gasteiger partial charge on any atom is 0.256 e. The number of anilines is 1. The van der Waals surface area contributed by atoms with Crippen molar-refractivity contribution in [3.8, 4) is 0 Å². The number of benzene rings is 2. The number of likely N-dealkylation sites (tertiary alicyclic amines) is 1. The molecule has 0 bridgehead atoms. The fraction of sp³-hybridized carbons (Fsp3) is 0.400. The number of rotatable bonds is 3. The molecule has 2 fully saturated rings. The van der Waals surface area contributed by atoms with Crippen molar-refractivity contribution < 1.29 is 14.4 Å². The zero-order chi connectivity index (χ0) is 21.4. The van der Waals surface area contributed by atoms with Gasteiger partial charge in [0.2, 0.25) is 5.91 Å². The van der Waals surface area contributed by atoms with Crippen LogP contribution in [0.15, 0.2) is 48.5 Å². The van der Waals surface area contributed by atoms with E-state index in [1.54, 1.807) is 15.9 Å². The number of carbonyl (C=O) groups is 3. The molecule has 160 valence electrons. The smallest absolute Gasteiger partial charge is 0.256 e. The number of hydrogen-bond acceptors (Lipinski definition) is 3. The van der Waals surface area contributed by atoms with Crippen molar-refractivity contribution in [3.05, 3.63) is 65.2 Å². The number of fused-ring (bicyclic) bond motifs is 2. The van der Waals surface area contributed by atoms with Crippen LogP contribution in [-0.4, -0.2) is 53.2 Å². The molecule has 3 amide bonds. The number of nitrogens with zero attached hydrogens (tertiary/aromatic N) is 3. The Kier molecular flexibility index (Phi) is 5.22. The van der Waals surface area contributed by atoms with Crippen LogP contribution in [-0.2, 0) is 11.3 Å². The lowest BCUT2D eigenvalue weighted by molar-refractivity contribution is -0.122. The Morgan fingerprint density at radius 1 is 0.903 bits per heavy atom. The number of amides is 3. The third-order valence-electron chi connectivity index (χ3n) is 6.65. The van der Waals surface area contributed by atoms with Crippen LogP contribution in [0.3, 0.4) is 0 Å². The van der Waals surface area contributed by atoms with E-state index in [0.717, 1.165) is 37.9 Å². The summed E-state index contributed by atoms with van der Waals surface area (Å²) in [6, 6.07) is 14.5. The second kappa shape index (κ2) is 8.17. The van der Waals surface area contributed by atoms with Gasteiger partial charge < -0.3 is 14.7 Å². The van der Waals surface area contributed by atoms with Crippen LogP contribution < -0.4 is 4.90 Å². The highest BCUT2D eigenvalue weighted by Gasteiger charge is 2.41. The maximum atomic E-state index is 13.5. The van der Waals surface area contributed by atoms with Gasteiger partial charge in [-0.2, -0.15) is 0 Å². The lowest BCUT2D eigenvalue weighted by Gasteiger charge is -2.28. The standard InChI is InChI=1S/C25H27N3O3/c29-23(26-13-4-1-5-14-26)19-9-6-8-18(16-19)17-28-21-11-3-2-10-20(21)24(30)27-15-7-12-22(27)25(28)31/h2-3,6,8-11,16,22H,1,4-5,7,12-15,17H2/t22-/m1/s1. The average molecular weight is 418 g/mol. The summed E-state index contributed by atoms with van der Waals surface area (Å²) < 4.78 is 0. The topological polar surface area (TPSA) is 60.9 Å². The summed E-state index contributed by atoms with van der Waals surface area (Å²) in [6.45, 7) is 2.58. The number of carbonyl (C=O) groups excluding carboxylic acids is 3. The Labute approximate surface area is 182 Å². The largest absolute Gasteiger partial charge is 0.339 e. The van der Waals surface area contributed by atoms with Crippen molar-refractivity contribution in [3.63, 3.8) is 0 Å². The minimum Gasteiger partial charge on any atom is -0.339 e. The first kappa shape index (κ1) is 19.8. The molecule has 3 aliphatic heterocycles. The van der Waals surface area contributed by atoms with Crippen molar-refractivity contribution in [2.45, 2.75) is 44.7 Å². The SMILES string of the molecule is O=C(c1cccc(CN2C(=O)[C@H]3CCCN3C(=O)c3ccccc32)c1)N1CCCCC1. The van der Waals surface area contributed by atoms with Crippen LogP contribution in [0.5, 0.6) is 0 Å². The van der Waals surface area contributed by atoms with E-state index in [1.165, 1.54) is 6.42 Å². The first-order valence-corrected chi connectivity index (χ1v) is 11.2. The lowest BCUT2D eigenvalue weighted by Crippen LogP contribution is -2.44. The van der Waals surface area contributed by atoms with Gasteiger partial charge in [0.1, 0.15) is 6.04 Å². The Morgan fingerprint density at radius 3 is 2.55 bits per heavy atom. The Balaban J connectivity index is 1.46. The Morgan fingerprint density at radius 2 is 1.71 bits per heavy atom. The second-order valence-electron chi connectivity index (χ2n) is 8.65. The van der Waals surface area contributed by atoms with Gasteiger partial charge in [-0.15, -0.1) is 0 Å². The molecule has 3 heterocycles. The third kappa shape index (κ3) is 3.60. The summed E-state index contributed by atoms with van der Waals surface area (Å²) in [5.74, 6) is -0.0483. The first-order valence-electron chi connectivity index (χ1n) is 11.2. The zero-order valence-corrected chi connectivity index (χ0v) is 17.6. The molecule has 0 aromatic heterocycles. The van der Waals surface area contributed by atoms with Crippen LogP contribution >= 0.6 is 0 Å². The predicted molar refractivity (Wildman–Crippen MR) is 118 cm³/mol. The highest BCUT2D eigenvalue weighted by molar-refractivity contribution is 6.11. The molecular formula is C25H27N3O3. The summed E-state index contributed by atoms with van der Waals surface area (Å²) in [4.78, 5) is 44.9. The third-order valence-corrected chi connectivity index (χ3v) is 6.65. The monoisotopic (exact) mass is 417 g/mol. The summed E-state index contributed by atoms with van der Waals surface area (Å²) in [5.41, 5.74) is 2.78. The van der Waals surface area contributed by atoms with Crippen molar-refractivity contribution in [2.24, 2.45) is 0 Å². The molecule has 2 aromatic rings. The molecule has 31 heavy (non-hydrogen) atoms. The van der Waals surface area contributed by atoms with Gasteiger partial charge >= 0.3 is 0 Å². The van der Waals surface area contributed by atoms with E-state index in [0.29, 0.717) is 36.3 Å². The normalized spacial score (nSPS) is 21.0. The molecule has 0 aliphatic carbocycles. The highest BCUT2D eigenvalue weighted by Crippen LogP contribution is 2.33. The summed E-state index contributed by atoms with van der Waals surface area (Å²) in [5, 5.41) is 0. The van der Waals surface area contributed by atoms with Gasteiger partial charge in [-0.05, 0) is 61.9 Å². The van der Waals surface area contributed by atoms with Crippen LogP contribution in [0.2, 0.25) is 0 Å². The van der Waals surface area contributed by atoms with E-state index in [1.807, 2.05) is 47.4 Å². The van der Waals surface area contributed by atoms with Gasteiger partial charge in [0.25, 0.3) is 11.8 Å².